The van der Waals surface area contributed by atoms with Crippen LogP contribution in [0.25, 0.3) is 22.3 Å². The van der Waals surface area contributed by atoms with Crippen molar-refractivity contribution < 1.29 is 9.84 Å². The first-order valence-electron chi connectivity index (χ1n) is 8.36. The third kappa shape index (κ3) is 4.89. The topological polar surface area (TPSA) is 68.1 Å². The van der Waals surface area contributed by atoms with Crippen molar-refractivity contribution in [3.05, 3.63) is 91.8 Å². The van der Waals surface area contributed by atoms with Gasteiger partial charge in [0.1, 0.15) is 30.5 Å². The monoisotopic (exact) mass is 357 g/mol. The molecule has 134 valence electrons. The van der Waals surface area contributed by atoms with E-state index >= 15 is 0 Å². The molecule has 0 saturated carbocycles. The molecule has 0 aliphatic rings. The molecule has 4 aromatic rings. The molecule has 0 radical (unpaired) electrons. The Morgan fingerprint density at radius 1 is 0.667 bits per heavy atom. The molecule has 0 fully saturated rings. The first kappa shape index (κ1) is 18.1. The average Bonchev–Trinajstić information content (AvgIpc) is 2.76. The molecule has 27 heavy (non-hydrogen) atoms. The first-order chi connectivity index (χ1) is 13.3. The quantitative estimate of drug-likeness (QED) is 0.580. The molecular formula is C22H19N3O2. The van der Waals surface area contributed by atoms with Crippen LogP contribution in [0.4, 0.5) is 0 Å². The molecule has 1 N–H and O–H groups in total. The van der Waals surface area contributed by atoms with E-state index in [9.17, 15) is 5.11 Å². The van der Waals surface area contributed by atoms with Crippen LogP contribution in [0.1, 0.15) is 0 Å². The van der Waals surface area contributed by atoms with Crippen LogP contribution in [0.15, 0.2) is 91.8 Å². The number of phenols is 1. The smallest absolute Gasteiger partial charge is 0.127 e. The molecule has 0 aliphatic carbocycles. The fourth-order valence-electron chi connectivity index (χ4n) is 2.58. The third-order valence-electron chi connectivity index (χ3n) is 3.89. The average molecular weight is 357 g/mol. The van der Waals surface area contributed by atoms with Gasteiger partial charge in [-0.1, -0.05) is 48.5 Å². The van der Waals surface area contributed by atoms with E-state index in [-0.39, 0.29) is 5.75 Å². The number of aromatic hydroxyl groups is 1. The minimum absolute atomic E-state index is 0.222. The fraction of sp³-hybridized carbons (Fsp3) is 0.0455. The van der Waals surface area contributed by atoms with E-state index in [1.54, 1.807) is 13.2 Å². The second-order valence-corrected chi connectivity index (χ2v) is 5.62. The zero-order chi connectivity index (χ0) is 18.9. The Bertz CT molecular complexity index is 950. The van der Waals surface area contributed by atoms with Gasteiger partial charge in [-0.05, 0) is 34.9 Å². The van der Waals surface area contributed by atoms with Crippen LogP contribution in [0, 0.1) is 0 Å². The summed E-state index contributed by atoms with van der Waals surface area (Å²) < 4.78 is 5.12. The largest absolute Gasteiger partial charge is 0.507 e. The molecule has 5 heteroatoms. The molecular weight excluding hydrogens is 338 g/mol. The minimum Gasteiger partial charge on any atom is -0.507 e. The van der Waals surface area contributed by atoms with Crippen LogP contribution in [-0.4, -0.2) is 27.2 Å². The second kappa shape index (κ2) is 9.10. The number of nitrogens with zero attached hydrogens (tertiary/aromatic N) is 3. The van der Waals surface area contributed by atoms with Crippen LogP contribution in [0.2, 0.25) is 0 Å². The predicted molar refractivity (Wildman–Crippen MR) is 105 cm³/mol. The Morgan fingerprint density at radius 2 is 1.30 bits per heavy atom. The van der Waals surface area contributed by atoms with Crippen molar-refractivity contribution in [2.75, 3.05) is 7.11 Å². The summed E-state index contributed by atoms with van der Waals surface area (Å²) in [5, 5.41) is 10.2. The Balaban J connectivity index is 0.000000299. The number of hydrogen-bond acceptors (Lipinski definition) is 5. The molecule has 0 spiro atoms. The van der Waals surface area contributed by atoms with Crippen molar-refractivity contribution in [1.82, 2.24) is 15.0 Å². The summed E-state index contributed by atoms with van der Waals surface area (Å²) in [6, 6.07) is 23.7. The van der Waals surface area contributed by atoms with Crippen LogP contribution in [-0.2, 0) is 0 Å². The van der Waals surface area contributed by atoms with Gasteiger partial charge in [-0.15, -0.1) is 0 Å². The number of phenolic OH excluding ortho intramolecular Hbond substituents is 1. The van der Waals surface area contributed by atoms with Crippen molar-refractivity contribution in [3.8, 4) is 33.8 Å². The molecule has 0 bridgehead atoms. The molecule has 0 atom stereocenters. The van der Waals surface area contributed by atoms with E-state index in [0.717, 1.165) is 22.3 Å². The lowest BCUT2D eigenvalue weighted by molar-refractivity contribution is 0.408. The van der Waals surface area contributed by atoms with Crippen LogP contribution in [0.5, 0.6) is 11.5 Å². The lowest BCUT2D eigenvalue weighted by Gasteiger charge is -2.09. The number of benzene rings is 3. The van der Waals surface area contributed by atoms with Gasteiger partial charge >= 0.3 is 0 Å². The van der Waals surface area contributed by atoms with Crippen LogP contribution < -0.4 is 4.74 Å². The molecule has 0 unspecified atom stereocenters. The van der Waals surface area contributed by atoms with Gasteiger partial charge in [-0.3, -0.25) is 0 Å². The summed E-state index contributed by atoms with van der Waals surface area (Å²) in [6.07, 6.45) is 4.31. The summed E-state index contributed by atoms with van der Waals surface area (Å²) >= 11 is 0. The molecule has 5 nitrogen and oxygen atoms in total. The minimum atomic E-state index is 0.222. The zero-order valence-electron chi connectivity index (χ0n) is 14.9. The standard InChI is InChI=1S/C19H16O2.C3H3N3/c1-21-17-10-11-18(19(20)13-17)16-9-5-8-15(12-16)14-6-3-2-4-7-14;1-4-2-6-3-5-1/h2-13,20H,1H3;1-3H. The van der Waals surface area contributed by atoms with Crippen molar-refractivity contribution in [3.63, 3.8) is 0 Å². The van der Waals surface area contributed by atoms with Crippen molar-refractivity contribution in [2.24, 2.45) is 0 Å². The van der Waals surface area contributed by atoms with Gasteiger partial charge < -0.3 is 9.84 Å². The molecule has 3 aromatic carbocycles. The zero-order valence-corrected chi connectivity index (χ0v) is 14.9. The van der Waals surface area contributed by atoms with E-state index < -0.39 is 0 Å². The lowest BCUT2D eigenvalue weighted by atomic mass is 9.98. The van der Waals surface area contributed by atoms with Gasteiger partial charge in [0.25, 0.3) is 0 Å². The highest BCUT2D eigenvalue weighted by Crippen LogP contribution is 2.34. The number of aromatic nitrogens is 3. The highest BCUT2D eigenvalue weighted by atomic mass is 16.5. The maximum Gasteiger partial charge on any atom is 0.127 e. The number of rotatable bonds is 3. The van der Waals surface area contributed by atoms with Crippen LogP contribution >= 0.6 is 0 Å². The Labute approximate surface area is 158 Å². The van der Waals surface area contributed by atoms with Gasteiger partial charge in [0.15, 0.2) is 0 Å². The van der Waals surface area contributed by atoms with E-state index in [0.29, 0.717) is 5.75 Å². The van der Waals surface area contributed by atoms with E-state index in [4.69, 9.17) is 4.74 Å². The SMILES string of the molecule is COc1ccc(-c2cccc(-c3ccccc3)c2)c(O)c1.c1ncncn1. The molecule has 0 saturated heterocycles. The van der Waals surface area contributed by atoms with Gasteiger partial charge in [0, 0.05) is 11.6 Å². The molecule has 4 rings (SSSR count). The van der Waals surface area contributed by atoms with E-state index in [2.05, 4.69) is 39.2 Å². The number of methoxy groups -OCH3 is 1. The molecule has 1 heterocycles. The summed E-state index contributed by atoms with van der Waals surface area (Å²) in [5.74, 6) is 0.870. The normalized spacial score (nSPS) is 9.81. The molecule has 0 amide bonds. The van der Waals surface area contributed by atoms with Gasteiger partial charge in [-0.25, -0.2) is 15.0 Å². The van der Waals surface area contributed by atoms with E-state index in [1.807, 2.05) is 42.5 Å². The summed E-state index contributed by atoms with van der Waals surface area (Å²) in [6.45, 7) is 0. The van der Waals surface area contributed by atoms with Crippen LogP contribution in [0.3, 0.4) is 0 Å². The van der Waals surface area contributed by atoms with Gasteiger partial charge in [-0.2, -0.15) is 0 Å². The summed E-state index contributed by atoms with van der Waals surface area (Å²) in [4.78, 5) is 10.7. The first-order valence-corrected chi connectivity index (χ1v) is 8.36. The summed E-state index contributed by atoms with van der Waals surface area (Å²) in [7, 11) is 1.59. The molecule has 1 aromatic heterocycles. The van der Waals surface area contributed by atoms with Crippen molar-refractivity contribution >= 4 is 0 Å². The predicted octanol–water partition coefficient (Wildman–Crippen LogP) is 4.61. The number of hydrogen-bond donors (Lipinski definition) is 1. The Hall–Kier alpha value is -3.73. The Kier molecular flexibility index (Phi) is 6.09. The van der Waals surface area contributed by atoms with Gasteiger partial charge in [0.05, 0.1) is 7.11 Å². The van der Waals surface area contributed by atoms with Gasteiger partial charge in [0.2, 0.25) is 0 Å². The highest BCUT2D eigenvalue weighted by Gasteiger charge is 2.07. The van der Waals surface area contributed by atoms with E-state index in [1.165, 1.54) is 19.0 Å². The van der Waals surface area contributed by atoms with Crippen molar-refractivity contribution in [2.45, 2.75) is 0 Å². The maximum atomic E-state index is 10.2. The summed E-state index contributed by atoms with van der Waals surface area (Å²) in [5.41, 5.74) is 4.07. The van der Waals surface area contributed by atoms with Crippen molar-refractivity contribution in [1.29, 1.82) is 0 Å². The Morgan fingerprint density at radius 3 is 1.89 bits per heavy atom. The lowest BCUT2D eigenvalue weighted by Crippen LogP contribution is -1.85. The highest BCUT2D eigenvalue weighted by molar-refractivity contribution is 5.76. The maximum absolute atomic E-state index is 10.2. The third-order valence-corrected chi connectivity index (χ3v) is 3.89. The molecule has 0 aliphatic heterocycles. The second-order valence-electron chi connectivity index (χ2n) is 5.62. The number of ether oxygens (including phenoxy) is 1. The fourth-order valence-corrected chi connectivity index (χ4v) is 2.58.